The van der Waals surface area contributed by atoms with E-state index in [1.807, 2.05) is 24.4 Å². The smallest absolute Gasteiger partial charge is 0.315 e. The number of ether oxygens (including phenoxy) is 2. The van der Waals surface area contributed by atoms with Gasteiger partial charge < -0.3 is 20.1 Å². The van der Waals surface area contributed by atoms with Crippen LogP contribution in [0.15, 0.2) is 36.5 Å². The average molecular weight is 370 g/mol. The van der Waals surface area contributed by atoms with Gasteiger partial charge in [-0.25, -0.2) is 4.79 Å². The summed E-state index contributed by atoms with van der Waals surface area (Å²) >= 11 is 0. The fraction of sp³-hybridized carbons (Fsp3) is 0.500. The zero-order valence-electron chi connectivity index (χ0n) is 15.4. The maximum absolute atomic E-state index is 12.3. The minimum atomic E-state index is -0.169. The lowest BCUT2D eigenvalue weighted by Gasteiger charge is -2.26. The van der Waals surface area contributed by atoms with Gasteiger partial charge in [0.2, 0.25) is 0 Å². The number of urea groups is 1. The molecule has 0 spiro atoms. The molecule has 1 saturated heterocycles. The number of nitrogens with zero attached hydrogens (tertiary/aromatic N) is 2. The Bertz CT molecular complexity index is 756. The van der Waals surface area contributed by atoms with Crippen molar-refractivity contribution in [3.05, 3.63) is 53.3 Å². The van der Waals surface area contributed by atoms with E-state index in [0.29, 0.717) is 26.4 Å². The van der Waals surface area contributed by atoms with Gasteiger partial charge in [-0.2, -0.15) is 5.10 Å². The molecule has 1 aromatic heterocycles. The van der Waals surface area contributed by atoms with E-state index >= 15 is 0 Å². The van der Waals surface area contributed by atoms with Crippen LogP contribution in [0.3, 0.4) is 0 Å². The van der Waals surface area contributed by atoms with Gasteiger partial charge in [0.15, 0.2) is 0 Å². The Morgan fingerprint density at radius 3 is 2.96 bits per heavy atom. The predicted molar refractivity (Wildman–Crippen MR) is 101 cm³/mol. The van der Waals surface area contributed by atoms with Crippen LogP contribution in [-0.2, 0) is 22.4 Å². The molecule has 0 radical (unpaired) electrons. The van der Waals surface area contributed by atoms with Crippen LogP contribution in [0.25, 0.3) is 0 Å². The Kier molecular flexibility index (Phi) is 5.69. The van der Waals surface area contributed by atoms with Gasteiger partial charge in [-0.15, -0.1) is 0 Å². The van der Waals surface area contributed by atoms with Gasteiger partial charge in [0.1, 0.15) is 0 Å². The standard InChI is InChI=1S/C20H26N4O3/c25-20(21-11-16-14-26-9-10-27-16)23-18-7-4-8-19-17(18)12-22-24(19)13-15-5-2-1-3-6-15/h1-3,5-6,12,16,18H,4,7-11,13-14H2,(H2,21,23,25)/t16-,18+/m1/s1. The molecule has 7 nitrogen and oxygen atoms in total. The monoisotopic (exact) mass is 370 g/mol. The zero-order valence-corrected chi connectivity index (χ0v) is 15.4. The Hall–Kier alpha value is -2.38. The fourth-order valence-corrected chi connectivity index (χ4v) is 3.73. The van der Waals surface area contributed by atoms with Gasteiger partial charge >= 0.3 is 6.03 Å². The lowest BCUT2D eigenvalue weighted by atomic mass is 9.93. The minimum Gasteiger partial charge on any atom is -0.376 e. The van der Waals surface area contributed by atoms with E-state index in [9.17, 15) is 4.79 Å². The third-order valence-electron chi connectivity index (χ3n) is 5.12. The number of nitrogens with one attached hydrogen (secondary N) is 2. The Labute approximate surface area is 159 Å². The largest absolute Gasteiger partial charge is 0.376 e. The van der Waals surface area contributed by atoms with Gasteiger partial charge in [0.25, 0.3) is 0 Å². The summed E-state index contributed by atoms with van der Waals surface area (Å²) in [5.41, 5.74) is 3.58. The van der Waals surface area contributed by atoms with E-state index < -0.39 is 0 Å². The second-order valence-corrected chi connectivity index (χ2v) is 7.06. The number of benzene rings is 1. The zero-order chi connectivity index (χ0) is 18.5. The molecule has 2 N–H and O–H groups in total. The van der Waals surface area contributed by atoms with E-state index in [1.165, 1.54) is 11.3 Å². The van der Waals surface area contributed by atoms with Crippen molar-refractivity contribution in [3.63, 3.8) is 0 Å². The SMILES string of the molecule is O=C(NC[C@@H]1COCCO1)N[C@H]1CCCc2c1cnn2Cc1ccccc1. The van der Waals surface area contributed by atoms with Crippen LogP contribution in [0.1, 0.15) is 35.7 Å². The molecule has 2 atom stereocenters. The molecule has 2 heterocycles. The topological polar surface area (TPSA) is 77.4 Å². The molecule has 2 aromatic rings. The lowest BCUT2D eigenvalue weighted by Crippen LogP contribution is -2.45. The van der Waals surface area contributed by atoms with Crippen LogP contribution in [0.5, 0.6) is 0 Å². The normalized spacial score (nSPS) is 22.1. The maximum Gasteiger partial charge on any atom is 0.315 e. The molecular weight excluding hydrogens is 344 g/mol. The molecule has 7 heteroatoms. The molecule has 1 aromatic carbocycles. The van der Waals surface area contributed by atoms with Crippen LogP contribution in [0, 0.1) is 0 Å². The molecule has 0 bridgehead atoms. The molecule has 0 unspecified atom stereocenters. The van der Waals surface area contributed by atoms with Crippen molar-refractivity contribution < 1.29 is 14.3 Å². The fourth-order valence-electron chi connectivity index (χ4n) is 3.73. The highest BCUT2D eigenvalue weighted by molar-refractivity contribution is 5.74. The summed E-state index contributed by atoms with van der Waals surface area (Å²) in [6, 6.07) is 10.2. The quantitative estimate of drug-likeness (QED) is 0.844. The lowest BCUT2D eigenvalue weighted by molar-refractivity contribution is -0.0853. The summed E-state index contributed by atoms with van der Waals surface area (Å²) in [5.74, 6) is 0. The van der Waals surface area contributed by atoms with Gasteiger partial charge in [-0.3, -0.25) is 4.68 Å². The highest BCUT2D eigenvalue weighted by Gasteiger charge is 2.26. The molecule has 144 valence electrons. The summed E-state index contributed by atoms with van der Waals surface area (Å²) in [6.07, 6.45) is 4.80. The first kappa shape index (κ1) is 18.0. The summed E-state index contributed by atoms with van der Waals surface area (Å²) in [7, 11) is 0. The predicted octanol–water partition coefficient (Wildman–Crippen LogP) is 2.02. The average Bonchev–Trinajstić information content (AvgIpc) is 3.12. The molecule has 1 aliphatic heterocycles. The molecule has 0 saturated carbocycles. The van der Waals surface area contributed by atoms with E-state index in [4.69, 9.17) is 9.47 Å². The van der Waals surface area contributed by atoms with Crippen LogP contribution in [0.2, 0.25) is 0 Å². The van der Waals surface area contributed by atoms with Crippen molar-refractivity contribution in [1.29, 1.82) is 0 Å². The number of hydrogen-bond acceptors (Lipinski definition) is 4. The van der Waals surface area contributed by atoms with Crippen molar-refractivity contribution >= 4 is 6.03 Å². The number of rotatable bonds is 5. The second-order valence-electron chi connectivity index (χ2n) is 7.06. The van der Waals surface area contributed by atoms with Crippen LogP contribution in [0.4, 0.5) is 4.79 Å². The van der Waals surface area contributed by atoms with Crippen LogP contribution >= 0.6 is 0 Å². The van der Waals surface area contributed by atoms with Gasteiger partial charge in [0, 0.05) is 17.8 Å². The number of fused-ring (bicyclic) bond motifs is 1. The molecule has 2 amide bonds. The Morgan fingerprint density at radius 1 is 1.26 bits per heavy atom. The summed E-state index contributed by atoms with van der Waals surface area (Å²) in [4.78, 5) is 12.3. The van der Waals surface area contributed by atoms with Crippen LogP contribution < -0.4 is 10.6 Å². The molecule has 4 rings (SSSR count). The third-order valence-corrected chi connectivity index (χ3v) is 5.12. The summed E-state index contributed by atoms with van der Waals surface area (Å²) < 4.78 is 13.0. The number of aromatic nitrogens is 2. The first-order valence-electron chi connectivity index (χ1n) is 9.62. The molecule has 27 heavy (non-hydrogen) atoms. The van der Waals surface area contributed by atoms with Crippen LogP contribution in [-0.4, -0.2) is 48.3 Å². The second kappa shape index (κ2) is 8.54. The summed E-state index contributed by atoms with van der Waals surface area (Å²) in [6.45, 7) is 2.95. The van der Waals surface area contributed by atoms with Crippen molar-refractivity contribution in [2.24, 2.45) is 0 Å². The highest BCUT2D eigenvalue weighted by atomic mass is 16.6. The first-order valence-corrected chi connectivity index (χ1v) is 9.62. The van der Waals surface area contributed by atoms with E-state index in [-0.39, 0.29) is 18.2 Å². The van der Waals surface area contributed by atoms with Crippen molar-refractivity contribution in [2.75, 3.05) is 26.4 Å². The summed E-state index contributed by atoms with van der Waals surface area (Å²) in [5, 5.41) is 10.6. The third kappa shape index (κ3) is 4.48. The number of hydrogen-bond donors (Lipinski definition) is 2. The van der Waals surface area contributed by atoms with Crippen molar-refractivity contribution in [1.82, 2.24) is 20.4 Å². The van der Waals surface area contributed by atoms with Gasteiger partial charge in [-0.1, -0.05) is 30.3 Å². The number of carbonyl (C=O) groups excluding carboxylic acids is 1. The highest BCUT2D eigenvalue weighted by Crippen LogP contribution is 2.29. The molecule has 1 fully saturated rings. The van der Waals surface area contributed by atoms with E-state index in [1.54, 1.807) is 0 Å². The van der Waals surface area contributed by atoms with E-state index in [0.717, 1.165) is 31.4 Å². The molecule has 1 aliphatic carbocycles. The van der Waals surface area contributed by atoms with Crippen molar-refractivity contribution in [2.45, 2.75) is 38.0 Å². The minimum absolute atomic E-state index is 0.00166. The molecule has 2 aliphatic rings. The Morgan fingerprint density at radius 2 is 2.15 bits per heavy atom. The maximum atomic E-state index is 12.3. The van der Waals surface area contributed by atoms with Gasteiger partial charge in [0.05, 0.1) is 44.7 Å². The first-order chi connectivity index (χ1) is 13.3. The van der Waals surface area contributed by atoms with E-state index in [2.05, 4.69) is 32.5 Å². The number of amides is 2. The number of carbonyl (C=O) groups is 1. The Balaban J connectivity index is 1.36. The van der Waals surface area contributed by atoms with Gasteiger partial charge in [-0.05, 0) is 24.8 Å². The van der Waals surface area contributed by atoms with Crippen molar-refractivity contribution in [3.8, 4) is 0 Å². The molecular formula is C20H26N4O3.